The molecule has 11 nitrogen and oxygen atoms in total. The lowest BCUT2D eigenvalue weighted by molar-refractivity contribution is -0.292. The molecule has 2 saturated heterocycles. The van der Waals surface area contributed by atoms with Crippen molar-refractivity contribution in [3.05, 3.63) is 48.5 Å². The predicted molar refractivity (Wildman–Crippen MR) is 141 cm³/mol. The monoisotopic (exact) mass is 583 g/mol. The van der Waals surface area contributed by atoms with Gasteiger partial charge in [0.05, 0.1) is 6.10 Å². The van der Waals surface area contributed by atoms with Crippen LogP contribution < -0.4 is 19.9 Å². The number of alkyl halides is 3. The van der Waals surface area contributed by atoms with E-state index in [2.05, 4.69) is 10.1 Å². The Hall–Kier alpha value is -3.59. The second-order valence-corrected chi connectivity index (χ2v) is 9.23. The standard InChI is InChI=1S/C27H32F3N3O8/c1-5-38-22-21(36-3)16(2)39-24(23(22)37-4)40-25(34)31-17-6-8-18(9-7-17)32-14-15-33(26(32)35)19-10-12-20(13-11-19)41-27(28,29)30/h6-13,16,21-24H,5,14-15H2,1-4H3,(H,31,34)/t16-,21-,22+,23+,24-/m0/s1. The maximum absolute atomic E-state index is 13.0. The van der Waals surface area contributed by atoms with Gasteiger partial charge in [0.1, 0.15) is 24.1 Å². The third kappa shape index (κ3) is 7.19. The van der Waals surface area contributed by atoms with E-state index in [-0.39, 0.29) is 11.8 Å². The highest BCUT2D eigenvalue weighted by molar-refractivity contribution is 6.06. The number of amides is 3. The van der Waals surface area contributed by atoms with Crippen LogP contribution in [0.4, 0.5) is 39.8 Å². The first-order valence-electron chi connectivity index (χ1n) is 12.9. The van der Waals surface area contributed by atoms with Gasteiger partial charge in [0, 0.05) is 51.0 Å². The van der Waals surface area contributed by atoms with Crippen LogP contribution in [0.5, 0.6) is 5.75 Å². The van der Waals surface area contributed by atoms with E-state index in [9.17, 15) is 22.8 Å². The summed E-state index contributed by atoms with van der Waals surface area (Å²) in [5.74, 6) is -0.373. The van der Waals surface area contributed by atoms with Gasteiger partial charge in [-0.25, -0.2) is 9.59 Å². The molecule has 0 radical (unpaired) electrons. The third-order valence-corrected chi connectivity index (χ3v) is 6.67. The van der Waals surface area contributed by atoms with Crippen molar-refractivity contribution < 1.29 is 51.2 Å². The molecule has 3 amide bonds. The summed E-state index contributed by atoms with van der Waals surface area (Å²) in [6.45, 7) is 4.72. The van der Waals surface area contributed by atoms with Crippen LogP contribution in [0.1, 0.15) is 13.8 Å². The summed E-state index contributed by atoms with van der Waals surface area (Å²) in [6, 6.07) is 11.3. The third-order valence-electron chi connectivity index (χ3n) is 6.67. The number of methoxy groups -OCH3 is 2. The molecule has 5 atom stereocenters. The highest BCUT2D eigenvalue weighted by Crippen LogP contribution is 2.30. The number of urea groups is 1. The maximum Gasteiger partial charge on any atom is 0.573 e. The van der Waals surface area contributed by atoms with E-state index in [4.69, 9.17) is 23.7 Å². The van der Waals surface area contributed by atoms with Crippen LogP contribution in [0, 0.1) is 0 Å². The van der Waals surface area contributed by atoms with E-state index < -0.39 is 43.2 Å². The number of nitrogens with one attached hydrogen (secondary N) is 1. The molecule has 0 aliphatic carbocycles. The van der Waals surface area contributed by atoms with Crippen molar-refractivity contribution in [1.29, 1.82) is 0 Å². The molecule has 2 aromatic rings. The number of ether oxygens (including phenoxy) is 6. The van der Waals surface area contributed by atoms with Crippen molar-refractivity contribution in [3.63, 3.8) is 0 Å². The fourth-order valence-corrected chi connectivity index (χ4v) is 4.84. The van der Waals surface area contributed by atoms with Gasteiger partial charge in [0.15, 0.2) is 0 Å². The highest BCUT2D eigenvalue weighted by atomic mass is 19.4. The lowest BCUT2D eigenvalue weighted by Crippen LogP contribution is -2.60. The molecule has 2 heterocycles. The summed E-state index contributed by atoms with van der Waals surface area (Å²) in [4.78, 5) is 28.7. The first-order valence-corrected chi connectivity index (χ1v) is 12.9. The number of nitrogens with zero attached hydrogens (tertiary/aromatic N) is 2. The van der Waals surface area contributed by atoms with E-state index >= 15 is 0 Å². The van der Waals surface area contributed by atoms with Crippen LogP contribution in [-0.4, -0.2) is 83.1 Å². The number of halogens is 3. The van der Waals surface area contributed by atoms with Crippen LogP contribution in [0.2, 0.25) is 0 Å². The van der Waals surface area contributed by atoms with Crippen LogP contribution >= 0.6 is 0 Å². The molecule has 41 heavy (non-hydrogen) atoms. The minimum atomic E-state index is -4.80. The molecule has 2 aliphatic rings. The number of hydrogen-bond acceptors (Lipinski definition) is 8. The van der Waals surface area contributed by atoms with Gasteiger partial charge in [-0.2, -0.15) is 0 Å². The van der Waals surface area contributed by atoms with Crippen molar-refractivity contribution in [3.8, 4) is 5.75 Å². The Balaban J connectivity index is 1.35. The highest BCUT2D eigenvalue weighted by Gasteiger charge is 2.47. The Morgan fingerprint density at radius 1 is 0.951 bits per heavy atom. The Morgan fingerprint density at radius 2 is 1.51 bits per heavy atom. The van der Waals surface area contributed by atoms with Gasteiger partial charge >= 0.3 is 18.5 Å². The lowest BCUT2D eigenvalue weighted by Gasteiger charge is -2.43. The molecule has 14 heteroatoms. The lowest BCUT2D eigenvalue weighted by atomic mass is 9.99. The molecular formula is C27H32F3N3O8. The Labute approximate surface area is 235 Å². The van der Waals surface area contributed by atoms with Crippen LogP contribution in [0.25, 0.3) is 0 Å². The zero-order valence-electron chi connectivity index (χ0n) is 22.9. The second-order valence-electron chi connectivity index (χ2n) is 9.23. The van der Waals surface area contributed by atoms with Gasteiger partial charge in [-0.1, -0.05) is 0 Å². The molecule has 0 spiro atoms. The number of anilines is 3. The Bertz CT molecular complexity index is 1180. The minimum absolute atomic E-state index is 0.331. The summed E-state index contributed by atoms with van der Waals surface area (Å²) in [7, 11) is 3.01. The molecule has 0 aromatic heterocycles. The number of benzene rings is 2. The number of carbonyl (C=O) groups excluding carboxylic acids is 2. The van der Waals surface area contributed by atoms with Crippen LogP contribution in [0.15, 0.2) is 48.5 Å². The van der Waals surface area contributed by atoms with Crippen LogP contribution in [0.3, 0.4) is 0 Å². The largest absolute Gasteiger partial charge is 0.573 e. The molecule has 4 rings (SSSR count). The van der Waals surface area contributed by atoms with E-state index in [1.54, 1.807) is 38.3 Å². The first-order chi connectivity index (χ1) is 19.5. The summed E-state index contributed by atoms with van der Waals surface area (Å²) < 4.78 is 69.3. The van der Waals surface area contributed by atoms with Gasteiger partial charge in [0.2, 0.25) is 6.29 Å². The zero-order valence-corrected chi connectivity index (χ0v) is 22.9. The molecule has 2 aliphatic heterocycles. The predicted octanol–water partition coefficient (Wildman–Crippen LogP) is 4.76. The van der Waals surface area contributed by atoms with Crippen molar-refractivity contribution in [2.45, 2.75) is 50.9 Å². The molecule has 0 bridgehead atoms. The van der Waals surface area contributed by atoms with Gasteiger partial charge < -0.3 is 28.4 Å². The van der Waals surface area contributed by atoms with E-state index in [0.717, 1.165) is 12.1 Å². The molecule has 0 saturated carbocycles. The average molecular weight is 584 g/mol. The quantitative estimate of drug-likeness (QED) is 0.450. The van der Waals surface area contributed by atoms with Gasteiger partial charge in [-0.3, -0.25) is 15.1 Å². The fraction of sp³-hybridized carbons (Fsp3) is 0.481. The summed E-state index contributed by atoms with van der Waals surface area (Å²) in [5.41, 5.74) is 1.42. The topological polar surface area (TPSA) is 108 Å². The van der Waals surface area contributed by atoms with E-state index in [1.807, 2.05) is 6.92 Å². The van der Waals surface area contributed by atoms with Crippen molar-refractivity contribution >= 4 is 29.2 Å². The average Bonchev–Trinajstić information content (AvgIpc) is 3.30. The first kappa shape index (κ1) is 30.4. The molecule has 224 valence electrons. The smallest absolute Gasteiger partial charge is 0.416 e. The normalized spacial score (nSPS) is 24.9. The van der Waals surface area contributed by atoms with Crippen molar-refractivity contribution in [1.82, 2.24) is 0 Å². The SMILES string of the molecule is CCO[C@@H]1[C@@H](OC)[C@H](C)O[C@@H](OC(=O)Nc2ccc(N3CCN(c4ccc(OC(F)(F)F)cc4)C3=O)cc2)[C@@H]1OC. The molecular weight excluding hydrogens is 551 g/mol. The van der Waals surface area contributed by atoms with Gasteiger partial charge in [-0.05, 0) is 62.4 Å². The number of hydrogen-bond donors (Lipinski definition) is 1. The van der Waals surface area contributed by atoms with Gasteiger partial charge in [0.25, 0.3) is 0 Å². The second kappa shape index (κ2) is 12.9. The maximum atomic E-state index is 13.0. The fourth-order valence-electron chi connectivity index (χ4n) is 4.84. The molecule has 2 fully saturated rings. The Morgan fingerprint density at radius 3 is 2.02 bits per heavy atom. The summed E-state index contributed by atoms with van der Waals surface area (Å²) >= 11 is 0. The van der Waals surface area contributed by atoms with E-state index in [0.29, 0.717) is 36.8 Å². The molecule has 1 N–H and O–H groups in total. The zero-order chi connectivity index (χ0) is 29.7. The van der Waals surface area contributed by atoms with Gasteiger partial charge in [-0.15, -0.1) is 13.2 Å². The Kier molecular flexibility index (Phi) is 9.58. The summed E-state index contributed by atoms with van der Waals surface area (Å²) in [5, 5.41) is 2.63. The minimum Gasteiger partial charge on any atom is -0.416 e. The number of rotatable bonds is 9. The van der Waals surface area contributed by atoms with Crippen molar-refractivity contribution in [2.24, 2.45) is 0 Å². The number of carbonyl (C=O) groups is 2. The van der Waals surface area contributed by atoms with Crippen molar-refractivity contribution in [2.75, 3.05) is 49.0 Å². The van der Waals surface area contributed by atoms with E-state index in [1.165, 1.54) is 29.0 Å². The van der Waals surface area contributed by atoms with Crippen LogP contribution in [-0.2, 0) is 23.7 Å². The molecule has 2 aromatic carbocycles. The summed E-state index contributed by atoms with van der Waals surface area (Å²) in [6.07, 6.45) is -8.69. The molecule has 0 unspecified atom stereocenters.